The number of benzene rings is 14. The van der Waals surface area contributed by atoms with E-state index in [1.807, 2.05) is 6.07 Å². The van der Waals surface area contributed by atoms with Crippen LogP contribution in [0.2, 0.25) is 0 Å². The third-order valence-electron chi connectivity index (χ3n) is 17.8. The van der Waals surface area contributed by atoms with Gasteiger partial charge in [-0.05, 0) is 160 Å². The van der Waals surface area contributed by atoms with E-state index in [-0.39, 0.29) is 12.0 Å². The van der Waals surface area contributed by atoms with E-state index in [1.54, 1.807) is 0 Å². The Hall–Kier alpha value is -11.2. The van der Waals surface area contributed by atoms with Gasteiger partial charge in [0.15, 0.2) is 5.58 Å². The predicted molar refractivity (Wildman–Crippen MR) is 360 cm³/mol. The monoisotopic (exact) mass is 1100 g/mol. The summed E-state index contributed by atoms with van der Waals surface area (Å²) in [5, 5.41) is 11.5. The van der Waals surface area contributed by atoms with Gasteiger partial charge in [0.05, 0.1) is 11.4 Å². The van der Waals surface area contributed by atoms with Crippen molar-refractivity contribution in [3.63, 3.8) is 0 Å². The average molecular weight is 1100 g/mol. The van der Waals surface area contributed by atoms with Gasteiger partial charge in [-0.2, -0.15) is 0 Å². The van der Waals surface area contributed by atoms with E-state index in [4.69, 9.17) is 9.15 Å². The highest BCUT2D eigenvalue weighted by Crippen LogP contribution is 2.54. The molecule has 0 radical (unpaired) electrons. The molecule has 2 atom stereocenters. The van der Waals surface area contributed by atoms with Crippen LogP contribution in [-0.2, 0) is 0 Å². The van der Waals surface area contributed by atoms with E-state index >= 15 is 0 Å². The fourth-order valence-corrected chi connectivity index (χ4v) is 13.8. The first-order valence-corrected chi connectivity index (χ1v) is 29.6. The molecule has 2 aliphatic rings. The second-order valence-corrected chi connectivity index (χ2v) is 22.6. The highest BCUT2D eigenvalue weighted by Gasteiger charge is 2.36. The number of para-hydroxylation sites is 3. The van der Waals surface area contributed by atoms with Crippen LogP contribution in [0, 0.1) is 0 Å². The zero-order chi connectivity index (χ0) is 56.7. The molecule has 0 saturated heterocycles. The first-order chi connectivity index (χ1) is 42.7. The van der Waals surface area contributed by atoms with Gasteiger partial charge in [0.2, 0.25) is 0 Å². The summed E-state index contributed by atoms with van der Waals surface area (Å²) >= 11 is 0. The molecule has 1 aliphatic carbocycles. The van der Waals surface area contributed by atoms with E-state index in [2.05, 4.69) is 319 Å². The fraction of sp³-hybridized carbons (Fsp3) is 0.0244. The minimum absolute atomic E-state index is 0.0799. The van der Waals surface area contributed by atoms with E-state index in [9.17, 15) is 0 Å². The van der Waals surface area contributed by atoms with Crippen LogP contribution in [-0.4, -0.2) is 6.10 Å². The van der Waals surface area contributed by atoms with Gasteiger partial charge in [-0.3, -0.25) is 0 Å². The van der Waals surface area contributed by atoms with Gasteiger partial charge >= 0.3 is 0 Å². The van der Waals surface area contributed by atoms with Crippen LogP contribution in [0.5, 0.6) is 5.75 Å². The fourth-order valence-electron chi connectivity index (χ4n) is 13.8. The van der Waals surface area contributed by atoms with Gasteiger partial charge in [0, 0.05) is 45.0 Å². The Balaban J connectivity index is 0.964. The molecule has 1 aromatic heterocycles. The summed E-state index contributed by atoms with van der Waals surface area (Å²) in [6.45, 7) is 0. The Morgan fingerprint density at radius 1 is 0.302 bits per heavy atom. The van der Waals surface area contributed by atoms with Crippen LogP contribution in [0.1, 0.15) is 11.5 Å². The van der Waals surface area contributed by atoms with Crippen molar-refractivity contribution in [3.8, 4) is 50.3 Å². The smallest absolute Gasteiger partial charge is 0.159 e. The SMILES string of the molecule is C1=CC2Oc3c(cccc3N(c3ccc(-c4ccccc4)cc3)c3ccc4c(-c5cccc6ccccc56)c5cc(N(c6ccc(-c7ccccc7)cc6)c6cccc7c6oc6ccccc67)ccc5c(-c5cccc6ccccc56)c4c3)C2C=C1. The number of rotatable bonds is 10. The number of nitrogens with zero attached hydrogens (tertiary/aromatic N) is 2. The summed E-state index contributed by atoms with van der Waals surface area (Å²) in [4.78, 5) is 4.80. The lowest BCUT2D eigenvalue weighted by Gasteiger charge is -2.29. The van der Waals surface area contributed by atoms with Crippen LogP contribution in [0.3, 0.4) is 0 Å². The molecule has 86 heavy (non-hydrogen) atoms. The third-order valence-corrected chi connectivity index (χ3v) is 17.8. The summed E-state index contributed by atoms with van der Waals surface area (Å²) in [6, 6.07) is 106. The lowest BCUT2D eigenvalue weighted by atomic mass is 9.83. The number of allylic oxidation sites excluding steroid dienone is 2. The van der Waals surface area contributed by atoms with E-state index < -0.39 is 0 Å². The van der Waals surface area contributed by atoms with Gasteiger partial charge in [0.1, 0.15) is 17.4 Å². The molecule has 0 N–H and O–H groups in total. The molecule has 14 aromatic carbocycles. The molecule has 0 fully saturated rings. The van der Waals surface area contributed by atoms with Crippen LogP contribution in [0.4, 0.5) is 34.1 Å². The van der Waals surface area contributed by atoms with Crippen molar-refractivity contribution in [2.24, 2.45) is 0 Å². The van der Waals surface area contributed by atoms with Gasteiger partial charge in [-0.15, -0.1) is 0 Å². The second kappa shape index (κ2) is 20.3. The molecule has 4 nitrogen and oxygen atoms in total. The first kappa shape index (κ1) is 49.4. The third kappa shape index (κ3) is 8.13. The van der Waals surface area contributed by atoms with Crippen molar-refractivity contribution >= 4 is 99.2 Å². The van der Waals surface area contributed by atoms with Crippen molar-refractivity contribution in [2.75, 3.05) is 9.80 Å². The topological polar surface area (TPSA) is 28.9 Å². The maximum atomic E-state index is 7.03. The Bertz CT molecular complexity index is 5210. The second-order valence-electron chi connectivity index (χ2n) is 22.6. The summed E-state index contributed by atoms with van der Waals surface area (Å²) in [5.74, 6) is 1.03. The zero-order valence-corrected chi connectivity index (χ0v) is 46.9. The molecule has 15 aromatic rings. The molecule has 2 unspecified atom stereocenters. The minimum atomic E-state index is -0.0799. The van der Waals surface area contributed by atoms with Crippen molar-refractivity contribution in [3.05, 3.63) is 321 Å². The van der Waals surface area contributed by atoms with E-state index in [0.717, 1.165) is 111 Å². The lowest BCUT2D eigenvalue weighted by molar-refractivity contribution is 0.269. The van der Waals surface area contributed by atoms with Crippen molar-refractivity contribution in [1.29, 1.82) is 0 Å². The minimum Gasteiger partial charge on any atom is -0.483 e. The molecule has 0 saturated carbocycles. The molecule has 0 bridgehead atoms. The quantitative estimate of drug-likeness (QED) is 0.128. The Kier molecular flexibility index (Phi) is 11.7. The molecule has 2 heterocycles. The number of furan rings is 1. The first-order valence-electron chi connectivity index (χ1n) is 29.6. The van der Waals surface area contributed by atoms with Gasteiger partial charge < -0.3 is 19.0 Å². The van der Waals surface area contributed by atoms with Gasteiger partial charge in [-0.25, -0.2) is 0 Å². The standard InChI is InChI=1S/C82H54N2O2/c1-3-19-53(20-4-1)55-39-43-59(44-40-55)83(75-35-17-33-71-65-29-11-13-37-77(65)85-81(71)75)61-47-49-69-73(51-61)79(67-31-15-25-57-23-7-9-27-63(57)67)70-50-48-62(52-74(70)80(69)68-32-16-26-58-24-8-10-28-64(58)68)84(60-45-41-56(42-46-60)54-21-5-2-6-22-54)76-36-18-34-72-66-30-12-14-38-78(66)86-82(72)76/h1-52,65,77H. The van der Waals surface area contributed by atoms with Crippen LogP contribution in [0.15, 0.2) is 320 Å². The molecule has 0 spiro atoms. The number of anilines is 6. The number of hydrogen-bond donors (Lipinski definition) is 0. The summed E-state index contributed by atoms with van der Waals surface area (Å²) in [6.07, 6.45) is 8.63. The van der Waals surface area contributed by atoms with Crippen molar-refractivity contribution in [2.45, 2.75) is 12.0 Å². The Morgan fingerprint density at radius 3 is 1.36 bits per heavy atom. The van der Waals surface area contributed by atoms with Gasteiger partial charge in [0.25, 0.3) is 0 Å². The van der Waals surface area contributed by atoms with Crippen molar-refractivity contribution < 1.29 is 9.15 Å². The van der Waals surface area contributed by atoms with E-state index in [1.165, 1.54) is 43.8 Å². The normalized spacial score (nSPS) is 14.3. The highest BCUT2D eigenvalue weighted by molar-refractivity contribution is 6.26. The Morgan fingerprint density at radius 2 is 0.756 bits per heavy atom. The van der Waals surface area contributed by atoms with Crippen LogP contribution >= 0.6 is 0 Å². The summed E-state index contributed by atoms with van der Waals surface area (Å²) in [5.41, 5.74) is 18.2. The highest BCUT2D eigenvalue weighted by atomic mass is 16.5. The molecule has 404 valence electrons. The molecule has 0 amide bonds. The van der Waals surface area contributed by atoms with Gasteiger partial charge in [-0.1, -0.05) is 243 Å². The lowest BCUT2D eigenvalue weighted by Crippen LogP contribution is -2.16. The summed E-state index contributed by atoms with van der Waals surface area (Å²) in [7, 11) is 0. The number of hydrogen-bond acceptors (Lipinski definition) is 4. The summed E-state index contributed by atoms with van der Waals surface area (Å²) < 4.78 is 13.9. The molecule has 1 aliphatic heterocycles. The number of ether oxygens (including phenoxy) is 1. The predicted octanol–water partition coefficient (Wildman–Crippen LogP) is 22.8. The Labute approximate surface area is 498 Å². The van der Waals surface area contributed by atoms with Crippen LogP contribution in [0.25, 0.3) is 110 Å². The largest absolute Gasteiger partial charge is 0.483 e. The molecule has 4 heteroatoms. The molecule has 17 rings (SSSR count). The zero-order valence-electron chi connectivity index (χ0n) is 46.9. The van der Waals surface area contributed by atoms with Crippen molar-refractivity contribution in [1.82, 2.24) is 0 Å². The maximum Gasteiger partial charge on any atom is 0.159 e. The molecular formula is C82H54N2O2. The van der Waals surface area contributed by atoms with Crippen LogP contribution < -0.4 is 14.5 Å². The number of fused-ring (bicyclic) bond motifs is 10. The maximum absolute atomic E-state index is 7.03. The molecular weight excluding hydrogens is 1040 g/mol. The average Bonchev–Trinajstić information content (AvgIpc) is 3.18. The van der Waals surface area contributed by atoms with E-state index in [0.29, 0.717) is 0 Å².